The van der Waals surface area contributed by atoms with Crippen molar-refractivity contribution in [1.29, 1.82) is 0 Å². The number of hydrogen-bond donors (Lipinski definition) is 0. The van der Waals surface area contributed by atoms with Crippen molar-refractivity contribution < 1.29 is 4.74 Å². The molecule has 2 rings (SSSR count). The van der Waals surface area contributed by atoms with Crippen LogP contribution in [0.25, 0.3) is 0 Å². The number of ether oxygens (including phenoxy) is 1. The molecule has 0 unspecified atom stereocenters. The summed E-state index contributed by atoms with van der Waals surface area (Å²) in [5, 5.41) is 0. The Morgan fingerprint density at radius 3 is 2.11 bits per heavy atom. The van der Waals surface area contributed by atoms with Crippen LogP contribution in [0.3, 0.4) is 0 Å². The molecule has 2 nitrogen and oxygen atoms in total. The monoisotopic (exact) mass is 261 g/mol. The highest BCUT2D eigenvalue weighted by Gasteiger charge is 2.38. The first kappa shape index (κ1) is 14.4. The second kappa shape index (κ2) is 3.97. The van der Waals surface area contributed by atoms with Crippen molar-refractivity contribution >= 4 is 0 Å². The first-order valence-corrected chi connectivity index (χ1v) is 7.12. The smallest absolute Gasteiger partial charge is 0.145 e. The van der Waals surface area contributed by atoms with Gasteiger partial charge in [-0.2, -0.15) is 0 Å². The van der Waals surface area contributed by atoms with E-state index in [4.69, 9.17) is 9.72 Å². The van der Waals surface area contributed by atoms with Gasteiger partial charge in [-0.25, -0.2) is 0 Å². The molecule has 1 aliphatic heterocycles. The summed E-state index contributed by atoms with van der Waals surface area (Å²) < 4.78 is 5.98. The van der Waals surface area contributed by atoms with E-state index in [0.29, 0.717) is 0 Å². The number of pyridine rings is 1. The van der Waals surface area contributed by atoms with E-state index in [9.17, 15) is 0 Å². The lowest BCUT2D eigenvalue weighted by molar-refractivity contribution is 0.285. The Kier molecular flexibility index (Phi) is 3.00. The van der Waals surface area contributed by atoms with E-state index in [1.165, 1.54) is 5.56 Å². The summed E-state index contributed by atoms with van der Waals surface area (Å²) in [5.74, 6) is 1.02. The first-order chi connectivity index (χ1) is 8.43. The Bertz CT molecular complexity index is 501. The highest BCUT2D eigenvalue weighted by molar-refractivity contribution is 5.49. The number of fused-ring (bicyclic) bond motifs is 1. The zero-order valence-electron chi connectivity index (χ0n) is 13.6. The molecular formula is C17H27NO. The maximum Gasteiger partial charge on any atom is 0.145 e. The third kappa shape index (κ3) is 2.50. The van der Waals surface area contributed by atoms with E-state index in [-0.39, 0.29) is 16.2 Å². The molecule has 1 aromatic rings. The minimum Gasteiger partial charge on any atom is -0.490 e. The van der Waals surface area contributed by atoms with Crippen LogP contribution in [0, 0.1) is 0 Å². The lowest BCUT2D eigenvalue weighted by atomic mass is 9.80. The molecule has 2 heteroatoms. The van der Waals surface area contributed by atoms with E-state index in [0.717, 1.165) is 23.7 Å². The van der Waals surface area contributed by atoms with Crippen LogP contribution >= 0.6 is 0 Å². The van der Waals surface area contributed by atoms with Crippen LogP contribution in [0.2, 0.25) is 0 Å². The summed E-state index contributed by atoms with van der Waals surface area (Å²) in [6.45, 7) is 18.5. The van der Waals surface area contributed by atoms with Crippen LogP contribution in [-0.4, -0.2) is 11.6 Å². The predicted molar refractivity (Wildman–Crippen MR) is 80.2 cm³/mol. The van der Waals surface area contributed by atoms with Crippen LogP contribution in [0.4, 0.5) is 0 Å². The predicted octanol–water partition coefficient (Wildman–Crippen LogP) is 4.35. The molecule has 0 N–H and O–H groups in total. The highest BCUT2D eigenvalue weighted by Crippen LogP contribution is 2.45. The van der Waals surface area contributed by atoms with E-state index >= 15 is 0 Å². The van der Waals surface area contributed by atoms with Gasteiger partial charge < -0.3 is 4.74 Å². The van der Waals surface area contributed by atoms with Crippen molar-refractivity contribution in [2.24, 2.45) is 0 Å². The Balaban J connectivity index is 2.73. The van der Waals surface area contributed by atoms with Crippen LogP contribution < -0.4 is 4.74 Å². The molecule has 0 aromatic carbocycles. The van der Waals surface area contributed by atoms with Gasteiger partial charge >= 0.3 is 0 Å². The van der Waals surface area contributed by atoms with Gasteiger partial charge in [-0.15, -0.1) is 0 Å². The second-order valence-corrected chi connectivity index (χ2v) is 8.41. The lowest BCUT2D eigenvalue weighted by Gasteiger charge is -2.26. The SMILES string of the molecule is CC(C)(C)c1cc2c(c(C(C)(C)C)n1)OCC2(C)C. The van der Waals surface area contributed by atoms with Crippen LogP contribution in [-0.2, 0) is 16.2 Å². The number of aromatic nitrogens is 1. The maximum absolute atomic E-state index is 5.98. The topological polar surface area (TPSA) is 22.1 Å². The van der Waals surface area contributed by atoms with Crippen LogP contribution in [0.5, 0.6) is 5.75 Å². The standard InChI is InChI=1S/C17H27NO/c1-15(2,3)12-9-11-13(19-10-17(11,7)8)14(18-12)16(4,5)6/h9H,10H2,1-8H3. The van der Waals surface area contributed by atoms with Gasteiger partial charge in [-0.05, 0) is 6.07 Å². The molecule has 0 bridgehead atoms. The lowest BCUT2D eigenvalue weighted by Crippen LogP contribution is -2.22. The summed E-state index contributed by atoms with van der Waals surface area (Å²) in [6.07, 6.45) is 0. The number of hydrogen-bond acceptors (Lipinski definition) is 2. The Hall–Kier alpha value is -1.05. The molecule has 0 saturated carbocycles. The summed E-state index contributed by atoms with van der Waals surface area (Å²) in [4.78, 5) is 4.93. The molecule has 2 heterocycles. The normalized spacial score (nSPS) is 18.1. The third-order valence-corrected chi connectivity index (χ3v) is 3.76. The summed E-state index contributed by atoms with van der Waals surface area (Å²) in [6, 6.07) is 2.25. The largest absolute Gasteiger partial charge is 0.490 e. The maximum atomic E-state index is 5.98. The average Bonchev–Trinajstić information content (AvgIpc) is 2.51. The van der Waals surface area contributed by atoms with Gasteiger partial charge in [0, 0.05) is 27.5 Å². The number of nitrogens with zero attached hydrogens (tertiary/aromatic N) is 1. The molecule has 0 radical (unpaired) electrons. The molecule has 106 valence electrons. The van der Waals surface area contributed by atoms with Crippen molar-refractivity contribution in [3.63, 3.8) is 0 Å². The van der Waals surface area contributed by atoms with E-state index < -0.39 is 0 Å². The van der Waals surface area contributed by atoms with Crippen molar-refractivity contribution in [1.82, 2.24) is 4.98 Å². The van der Waals surface area contributed by atoms with E-state index in [1.54, 1.807) is 0 Å². The zero-order chi connectivity index (χ0) is 14.6. The third-order valence-electron chi connectivity index (χ3n) is 3.76. The van der Waals surface area contributed by atoms with Gasteiger partial charge in [-0.3, -0.25) is 4.98 Å². The fraction of sp³-hybridized carbons (Fsp3) is 0.706. The van der Waals surface area contributed by atoms with Gasteiger partial charge in [0.2, 0.25) is 0 Å². The van der Waals surface area contributed by atoms with Crippen LogP contribution in [0.1, 0.15) is 72.3 Å². The van der Waals surface area contributed by atoms with Gasteiger partial charge in [0.1, 0.15) is 5.75 Å². The van der Waals surface area contributed by atoms with Gasteiger partial charge in [0.25, 0.3) is 0 Å². The number of rotatable bonds is 0. The Morgan fingerprint density at radius 2 is 1.63 bits per heavy atom. The Morgan fingerprint density at radius 1 is 1.05 bits per heavy atom. The van der Waals surface area contributed by atoms with Crippen molar-refractivity contribution in [3.05, 3.63) is 23.0 Å². The molecule has 0 saturated heterocycles. The molecule has 0 atom stereocenters. The highest BCUT2D eigenvalue weighted by atomic mass is 16.5. The van der Waals surface area contributed by atoms with E-state index in [2.05, 4.69) is 61.5 Å². The Labute approximate surface area is 117 Å². The molecule has 1 aliphatic rings. The molecule has 0 spiro atoms. The van der Waals surface area contributed by atoms with Crippen molar-refractivity contribution in [2.45, 2.75) is 71.6 Å². The summed E-state index contributed by atoms with van der Waals surface area (Å²) in [5.41, 5.74) is 3.73. The minimum absolute atomic E-state index is 0.00572. The van der Waals surface area contributed by atoms with Gasteiger partial charge in [0.05, 0.1) is 12.3 Å². The molecular weight excluding hydrogens is 234 g/mol. The molecule has 19 heavy (non-hydrogen) atoms. The average molecular weight is 261 g/mol. The quantitative estimate of drug-likeness (QED) is 0.693. The minimum atomic E-state index is 0.00572. The second-order valence-electron chi connectivity index (χ2n) is 8.41. The fourth-order valence-corrected chi connectivity index (χ4v) is 2.40. The molecule has 0 amide bonds. The first-order valence-electron chi connectivity index (χ1n) is 7.12. The van der Waals surface area contributed by atoms with Crippen molar-refractivity contribution in [2.75, 3.05) is 6.61 Å². The van der Waals surface area contributed by atoms with Crippen LogP contribution in [0.15, 0.2) is 6.07 Å². The van der Waals surface area contributed by atoms with Gasteiger partial charge in [-0.1, -0.05) is 55.4 Å². The fourth-order valence-electron chi connectivity index (χ4n) is 2.40. The van der Waals surface area contributed by atoms with Crippen molar-refractivity contribution in [3.8, 4) is 5.75 Å². The zero-order valence-corrected chi connectivity index (χ0v) is 13.6. The molecule has 0 aliphatic carbocycles. The van der Waals surface area contributed by atoms with Gasteiger partial charge in [0.15, 0.2) is 0 Å². The molecule has 0 fully saturated rings. The molecule has 1 aromatic heterocycles. The summed E-state index contributed by atoms with van der Waals surface area (Å²) in [7, 11) is 0. The summed E-state index contributed by atoms with van der Waals surface area (Å²) >= 11 is 0. The van der Waals surface area contributed by atoms with E-state index in [1.807, 2.05) is 0 Å².